The van der Waals surface area contributed by atoms with Crippen molar-refractivity contribution in [3.63, 3.8) is 0 Å². The van der Waals surface area contributed by atoms with Crippen molar-refractivity contribution in [2.24, 2.45) is 0 Å². The van der Waals surface area contributed by atoms with Crippen LogP contribution in [0.5, 0.6) is 0 Å². The van der Waals surface area contributed by atoms with E-state index in [1.807, 2.05) is 6.07 Å². The number of nitrogens with zero attached hydrogens (tertiary/aromatic N) is 5. The zero-order valence-electron chi connectivity index (χ0n) is 15.4. The molecule has 27 heavy (non-hydrogen) atoms. The second-order valence-electron chi connectivity index (χ2n) is 6.83. The number of hydrogen-bond donors (Lipinski definition) is 0. The third-order valence-corrected chi connectivity index (χ3v) is 5.91. The zero-order valence-corrected chi connectivity index (χ0v) is 16.2. The fourth-order valence-electron chi connectivity index (χ4n) is 3.31. The summed E-state index contributed by atoms with van der Waals surface area (Å²) in [6, 6.07) is 6.21. The number of hydrogen-bond acceptors (Lipinski definition) is 5. The number of fused-ring (bicyclic) bond motifs is 1. The summed E-state index contributed by atoms with van der Waals surface area (Å²) in [7, 11) is 0. The molecule has 0 aliphatic carbocycles. The fourth-order valence-corrected chi connectivity index (χ4v) is 4.22. The second-order valence-corrected chi connectivity index (χ2v) is 7.86. The molecule has 4 rings (SSSR count). The van der Waals surface area contributed by atoms with Gasteiger partial charge in [-0.2, -0.15) is 0 Å². The summed E-state index contributed by atoms with van der Waals surface area (Å²) in [4.78, 5) is 32.3. The number of rotatable bonds is 4. The molecule has 3 aromatic rings. The SMILES string of the molecule is Cc1ccc(Sc2nccn3c(=O)n(CC(=O)N4CCCC4)nc23)c(C)c1. The first kappa shape index (κ1) is 17.8. The molecule has 3 heterocycles. The highest BCUT2D eigenvalue weighted by molar-refractivity contribution is 7.99. The molecule has 0 N–H and O–H groups in total. The molecule has 0 atom stereocenters. The number of likely N-dealkylation sites (tertiary alicyclic amines) is 1. The predicted molar refractivity (Wildman–Crippen MR) is 103 cm³/mol. The molecule has 7 nitrogen and oxygen atoms in total. The first-order valence-corrected chi connectivity index (χ1v) is 9.81. The van der Waals surface area contributed by atoms with E-state index >= 15 is 0 Å². The van der Waals surface area contributed by atoms with E-state index in [1.165, 1.54) is 26.4 Å². The lowest BCUT2D eigenvalue weighted by Gasteiger charge is -2.14. The molecule has 0 spiro atoms. The summed E-state index contributed by atoms with van der Waals surface area (Å²) in [6.07, 6.45) is 5.22. The minimum atomic E-state index is -0.317. The Bertz CT molecular complexity index is 1070. The lowest BCUT2D eigenvalue weighted by Crippen LogP contribution is -2.34. The van der Waals surface area contributed by atoms with Gasteiger partial charge in [-0.3, -0.25) is 4.79 Å². The molecule has 2 aromatic heterocycles. The Hall–Kier alpha value is -2.61. The van der Waals surface area contributed by atoms with Crippen LogP contribution in [-0.2, 0) is 11.3 Å². The van der Waals surface area contributed by atoms with Crippen molar-refractivity contribution in [3.8, 4) is 0 Å². The third kappa shape index (κ3) is 3.49. The molecule has 0 radical (unpaired) electrons. The van der Waals surface area contributed by atoms with Crippen molar-refractivity contribution < 1.29 is 4.79 Å². The molecular formula is C19H21N5O2S. The van der Waals surface area contributed by atoms with E-state index in [2.05, 4.69) is 36.1 Å². The Morgan fingerprint density at radius 3 is 2.74 bits per heavy atom. The van der Waals surface area contributed by atoms with Crippen LogP contribution in [0.25, 0.3) is 5.65 Å². The van der Waals surface area contributed by atoms with Gasteiger partial charge in [-0.05, 0) is 38.3 Å². The van der Waals surface area contributed by atoms with Gasteiger partial charge in [0.25, 0.3) is 0 Å². The average molecular weight is 383 g/mol. The number of amides is 1. The molecule has 0 unspecified atom stereocenters. The van der Waals surface area contributed by atoms with E-state index in [-0.39, 0.29) is 18.1 Å². The molecule has 8 heteroatoms. The monoisotopic (exact) mass is 383 g/mol. The van der Waals surface area contributed by atoms with Crippen molar-refractivity contribution >= 4 is 23.3 Å². The van der Waals surface area contributed by atoms with Crippen molar-refractivity contribution in [2.45, 2.75) is 43.2 Å². The van der Waals surface area contributed by atoms with Crippen LogP contribution in [0.1, 0.15) is 24.0 Å². The molecule has 1 aliphatic rings. The molecule has 1 aliphatic heterocycles. The maximum Gasteiger partial charge on any atom is 0.350 e. The maximum atomic E-state index is 12.7. The van der Waals surface area contributed by atoms with Crippen LogP contribution in [0.3, 0.4) is 0 Å². The van der Waals surface area contributed by atoms with Gasteiger partial charge in [0.05, 0.1) is 0 Å². The van der Waals surface area contributed by atoms with Gasteiger partial charge in [0.15, 0.2) is 5.65 Å². The van der Waals surface area contributed by atoms with E-state index in [9.17, 15) is 9.59 Å². The molecule has 1 amide bonds. The van der Waals surface area contributed by atoms with Crippen molar-refractivity contribution in [3.05, 3.63) is 52.2 Å². The molecule has 1 aromatic carbocycles. The number of aromatic nitrogens is 4. The second kappa shape index (κ2) is 7.19. The Balaban J connectivity index is 1.66. The van der Waals surface area contributed by atoms with Crippen LogP contribution in [0.4, 0.5) is 0 Å². The van der Waals surface area contributed by atoms with E-state index in [4.69, 9.17) is 0 Å². The Labute approximate surface area is 161 Å². The summed E-state index contributed by atoms with van der Waals surface area (Å²) in [5, 5.41) is 5.05. The van der Waals surface area contributed by atoms with Gasteiger partial charge in [0, 0.05) is 30.4 Å². The first-order valence-electron chi connectivity index (χ1n) is 9.00. The normalized spacial score (nSPS) is 14.2. The van der Waals surface area contributed by atoms with Gasteiger partial charge < -0.3 is 4.90 Å². The van der Waals surface area contributed by atoms with E-state index < -0.39 is 0 Å². The van der Waals surface area contributed by atoms with Gasteiger partial charge in [-0.15, -0.1) is 5.10 Å². The van der Waals surface area contributed by atoms with Gasteiger partial charge in [-0.25, -0.2) is 18.9 Å². The van der Waals surface area contributed by atoms with Crippen LogP contribution in [0.15, 0.2) is 45.3 Å². The fraction of sp³-hybridized carbons (Fsp3) is 0.368. The smallest absolute Gasteiger partial charge is 0.341 e. The van der Waals surface area contributed by atoms with Crippen molar-refractivity contribution in [2.75, 3.05) is 13.1 Å². The first-order chi connectivity index (χ1) is 13.0. The minimum Gasteiger partial charge on any atom is -0.341 e. The van der Waals surface area contributed by atoms with Crippen LogP contribution in [0.2, 0.25) is 0 Å². The van der Waals surface area contributed by atoms with Crippen LogP contribution in [0, 0.1) is 13.8 Å². The Morgan fingerprint density at radius 1 is 1.22 bits per heavy atom. The van der Waals surface area contributed by atoms with E-state index in [1.54, 1.807) is 17.3 Å². The molecule has 1 saturated heterocycles. The van der Waals surface area contributed by atoms with Gasteiger partial charge in [0.2, 0.25) is 5.91 Å². The molecule has 0 bridgehead atoms. The maximum absolute atomic E-state index is 12.7. The Morgan fingerprint density at radius 2 is 2.00 bits per heavy atom. The number of carbonyl (C=O) groups excluding carboxylic acids is 1. The zero-order chi connectivity index (χ0) is 19.0. The van der Waals surface area contributed by atoms with E-state index in [0.29, 0.717) is 10.7 Å². The van der Waals surface area contributed by atoms with Crippen LogP contribution >= 0.6 is 11.8 Å². The summed E-state index contributed by atoms with van der Waals surface area (Å²) in [5.74, 6) is -0.0606. The summed E-state index contributed by atoms with van der Waals surface area (Å²) in [5.41, 5.74) is 2.50. The highest BCUT2D eigenvalue weighted by Crippen LogP contribution is 2.31. The lowest BCUT2D eigenvalue weighted by molar-refractivity contribution is -0.131. The molecule has 1 fully saturated rings. The number of benzene rings is 1. The standard InChI is InChI=1S/C19H21N5O2S/c1-13-5-6-15(14(2)11-13)27-18-17-21-24(19(26)23(17)10-7-20-18)12-16(25)22-8-3-4-9-22/h5-7,10-11H,3-4,8-9,12H2,1-2H3. The summed E-state index contributed by atoms with van der Waals surface area (Å²) >= 11 is 1.48. The summed E-state index contributed by atoms with van der Waals surface area (Å²) < 4.78 is 2.69. The lowest BCUT2D eigenvalue weighted by atomic mass is 10.2. The molecule has 0 saturated carbocycles. The quantitative estimate of drug-likeness (QED) is 0.691. The topological polar surface area (TPSA) is 72.5 Å². The number of aryl methyl sites for hydroxylation is 2. The highest BCUT2D eigenvalue weighted by Gasteiger charge is 2.21. The summed E-state index contributed by atoms with van der Waals surface area (Å²) in [6.45, 7) is 5.59. The third-order valence-electron chi connectivity index (χ3n) is 4.75. The Kier molecular flexibility index (Phi) is 4.73. The van der Waals surface area contributed by atoms with Crippen molar-refractivity contribution in [1.29, 1.82) is 0 Å². The molecule has 140 valence electrons. The number of carbonyl (C=O) groups is 1. The molecular weight excluding hydrogens is 362 g/mol. The van der Waals surface area contributed by atoms with Crippen LogP contribution < -0.4 is 5.69 Å². The van der Waals surface area contributed by atoms with Crippen LogP contribution in [-0.4, -0.2) is 43.1 Å². The van der Waals surface area contributed by atoms with Crippen molar-refractivity contribution in [1.82, 2.24) is 24.1 Å². The minimum absolute atomic E-state index is 0.0336. The van der Waals surface area contributed by atoms with Gasteiger partial charge >= 0.3 is 5.69 Å². The predicted octanol–water partition coefficient (Wildman–Crippen LogP) is 2.28. The average Bonchev–Trinajstić information content (AvgIpc) is 3.28. The highest BCUT2D eigenvalue weighted by atomic mass is 32.2. The van der Waals surface area contributed by atoms with Gasteiger partial charge in [-0.1, -0.05) is 29.5 Å². The van der Waals surface area contributed by atoms with Gasteiger partial charge in [0.1, 0.15) is 11.6 Å². The van der Waals surface area contributed by atoms with E-state index in [0.717, 1.165) is 36.4 Å². The largest absolute Gasteiger partial charge is 0.350 e.